The first-order valence-electron chi connectivity index (χ1n) is 4.37. The van der Waals surface area contributed by atoms with E-state index in [-0.39, 0.29) is 5.56 Å². The molecular weight excluding hydrogens is 194 g/mol. The largest absolute Gasteiger partial charge is 0.481 e. The molecule has 0 amide bonds. The van der Waals surface area contributed by atoms with Gasteiger partial charge in [-0.15, -0.1) is 0 Å². The first kappa shape index (κ1) is 9.39. The lowest BCUT2D eigenvalue weighted by molar-refractivity contribution is 0.398. The number of nitrogens with one attached hydrogen (secondary N) is 1. The van der Waals surface area contributed by atoms with Crippen LogP contribution in [0.25, 0.3) is 11.4 Å². The predicted octanol–water partition coefficient (Wildman–Crippen LogP) is 0.840. The highest BCUT2D eigenvalue weighted by Gasteiger charge is 2.01. The zero-order valence-corrected chi connectivity index (χ0v) is 8.10. The van der Waals surface area contributed by atoms with E-state index in [1.54, 1.807) is 25.3 Å². The Kier molecular flexibility index (Phi) is 2.45. The van der Waals surface area contributed by atoms with Crippen LogP contribution in [0.5, 0.6) is 5.88 Å². The summed E-state index contributed by atoms with van der Waals surface area (Å²) in [5, 5.41) is 6.22. The van der Waals surface area contributed by atoms with Gasteiger partial charge in [-0.2, -0.15) is 5.10 Å². The van der Waals surface area contributed by atoms with Gasteiger partial charge in [0.05, 0.1) is 12.8 Å². The fourth-order valence-electron chi connectivity index (χ4n) is 1.16. The number of rotatable bonds is 2. The summed E-state index contributed by atoms with van der Waals surface area (Å²) in [7, 11) is 1.55. The summed E-state index contributed by atoms with van der Waals surface area (Å²) in [5.74, 6) is 0.514. The van der Waals surface area contributed by atoms with Gasteiger partial charge in [0.2, 0.25) is 5.88 Å². The van der Waals surface area contributed by atoms with Crippen LogP contribution in [0.2, 0.25) is 0 Å². The fraction of sp³-hybridized carbons (Fsp3) is 0.100. The van der Waals surface area contributed by atoms with Crippen molar-refractivity contribution < 1.29 is 4.74 Å². The molecule has 0 spiro atoms. The van der Waals surface area contributed by atoms with Crippen molar-refractivity contribution in [3.05, 3.63) is 40.7 Å². The zero-order valence-electron chi connectivity index (χ0n) is 8.10. The average molecular weight is 203 g/mol. The number of hydrogen-bond donors (Lipinski definition) is 1. The van der Waals surface area contributed by atoms with Gasteiger partial charge >= 0.3 is 0 Å². The second kappa shape index (κ2) is 3.91. The summed E-state index contributed by atoms with van der Waals surface area (Å²) in [6.07, 6.45) is 0. The molecule has 0 saturated carbocycles. The predicted molar refractivity (Wildman–Crippen MR) is 54.6 cm³/mol. The molecule has 0 aliphatic rings. The molecule has 2 rings (SSSR count). The minimum absolute atomic E-state index is 0.235. The van der Waals surface area contributed by atoms with Gasteiger partial charge in [0, 0.05) is 12.1 Å². The smallest absolute Gasteiger partial charge is 0.264 e. The molecule has 0 unspecified atom stereocenters. The van der Waals surface area contributed by atoms with E-state index in [1.807, 2.05) is 6.07 Å². The number of H-pyrrole nitrogens is 1. The molecular formula is C10H9N3O2. The van der Waals surface area contributed by atoms with E-state index in [2.05, 4.69) is 15.2 Å². The van der Waals surface area contributed by atoms with Crippen LogP contribution in [0, 0.1) is 0 Å². The third-order valence-electron chi connectivity index (χ3n) is 1.87. The maximum Gasteiger partial charge on any atom is 0.264 e. The number of hydrogen-bond acceptors (Lipinski definition) is 4. The molecule has 2 aromatic rings. The molecule has 0 aromatic carbocycles. The van der Waals surface area contributed by atoms with Crippen molar-refractivity contribution in [3.8, 4) is 17.3 Å². The van der Waals surface area contributed by atoms with Gasteiger partial charge in [-0.25, -0.2) is 10.1 Å². The Morgan fingerprint density at radius 3 is 2.73 bits per heavy atom. The third kappa shape index (κ3) is 2.01. The van der Waals surface area contributed by atoms with Crippen LogP contribution in [-0.2, 0) is 0 Å². The average Bonchev–Trinajstić information content (AvgIpc) is 2.30. The number of nitrogens with zero attached hydrogens (tertiary/aromatic N) is 2. The highest BCUT2D eigenvalue weighted by atomic mass is 16.5. The molecule has 2 aromatic heterocycles. The lowest BCUT2D eigenvalue weighted by Crippen LogP contribution is -2.06. The Balaban J connectivity index is 2.44. The zero-order chi connectivity index (χ0) is 10.7. The van der Waals surface area contributed by atoms with Crippen molar-refractivity contribution in [1.29, 1.82) is 0 Å². The number of pyridine rings is 1. The normalized spacial score (nSPS) is 9.93. The fourth-order valence-corrected chi connectivity index (χ4v) is 1.16. The van der Waals surface area contributed by atoms with E-state index >= 15 is 0 Å². The quantitative estimate of drug-likeness (QED) is 0.785. The molecule has 15 heavy (non-hydrogen) atoms. The molecule has 76 valence electrons. The van der Waals surface area contributed by atoms with Gasteiger partial charge in [0.1, 0.15) is 5.69 Å². The van der Waals surface area contributed by atoms with Crippen LogP contribution in [-0.4, -0.2) is 22.3 Å². The van der Waals surface area contributed by atoms with E-state index in [1.165, 1.54) is 6.07 Å². The van der Waals surface area contributed by atoms with E-state index < -0.39 is 0 Å². The molecule has 0 atom stereocenters. The van der Waals surface area contributed by atoms with Crippen LogP contribution < -0.4 is 10.3 Å². The Bertz CT molecular complexity index is 502. The van der Waals surface area contributed by atoms with E-state index in [0.717, 1.165) is 0 Å². The summed E-state index contributed by atoms with van der Waals surface area (Å²) in [4.78, 5) is 15.0. The number of aromatic nitrogens is 3. The van der Waals surface area contributed by atoms with Gasteiger partial charge in [0.15, 0.2) is 0 Å². The van der Waals surface area contributed by atoms with Crippen LogP contribution in [0.15, 0.2) is 35.1 Å². The second-order valence-electron chi connectivity index (χ2n) is 2.87. The molecule has 0 aliphatic heterocycles. The molecule has 0 saturated heterocycles. The lowest BCUT2D eigenvalue weighted by atomic mass is 10.2. The van der Waals surface area contributed by atoms with E-state index in [9.17, 15) is 4.79 Å². The van der Waals surface area contributed by atoms with Gasteiger partial charge in [-0.3, -0.25) is 4.79 Å². The Labute approximate surface area is 85.8 Å². The van der Waals surface area contributed by atoms with Crippen LogP contribution in [0.1, 0.15) is 0 Å². The SMILES string of the molecule is COc1cccc(-c2ccc(=O)[nH]n2)n1. The molecule has 5 nitrogen and oxygen atoms in total. The van der Waals surface area contributed by atoms with Crippen molar-refractivity contribution >= 4 is 0 Å². The highest BCUT2D eigenvalue weighted by Crippen LogP contribution is 2.15. The lowest BCUT2D eigenvalue weighted by Gasteiger charge is -2.01. The Hall–Kier alpha value is -2.17. The first-order valence-corrected chi connectivity index (χ1v) is 4.37. The van der Waals surface area contributed by atoms with Crippen molar-refractivity contribution in [1.82, 2.24) is 15.2 Å². The minimum Gasteiger partial charge on any atom is -0.481 e. The first-order chi connectivity index (χ1) is 7.29. The monoisotopic (exact) mass is 203 g/mol. The maximum atomic E-state index is 10.8. The minimum atomic E-state index is -0.235. The van der Waals surface area contributed by atoms with Gasteiger partial charge in [-0.05, 0) is 12.1 Å². The molecule has 5 heteroatoms. The Morgan fingerprint density at radius 1 is 1.20 bits per heavy atom. The summed E-state index contributed by atoms with van der Waals surface area (Å²) in [6.45, 7) is 0. The highest BCUT2D eigenvalue weighted by molar-refractivity contribution is 5.53. The second-order valence-corrected chi connectivity index (χ2v) is 2.87. The van der Waals surface area contributed by atoms with Crippen LogP contribution >= 0.6 is 0 Å². The van der Waals surface area contributed by atoms with E-state index in [4.69, 9.17) is 4.74 Å². The van der Waals surface area contributed by atoms with Crippen molar-refractivity contribution in [2.24, 2.45) is 0 Å². The third-order valence-corrected chi connectivity index (χ3v) is 1.87. The number of methoxy groups -OCH3 is 1. The van der Waals surface area contributed by atoms with Crippen LogP contribution in [0.3, 0.4) is 0 Å². The molecule has 0 fully saturated rings. The van der Waals surface area contributed by atoms with Crippen molar-refractivity contribution in [2.45, 2.75) is 0 Å². The summed E-state index contributed by atoms with van der Waals surface area (Å²) >= 11 is 0. The standard InChI is InChI=1S/C10H9N3O2/c1-15-10-4-2-3-7(11-10)8-5-6-9(14)13-12-8/h2-6H,1H3,(H,13,14). The van der Waals surface area contributed by atoms with E-state index in [0.29, 0.717) is 17.3 Å². The summed E-state index contributed by atoms with van der Waals surface area (Å²) < 4.78 is 4.99. The maximum absolute atomic E-state index is 10.8. The molecule has 0 bridgehead atoms. The number of aromatic amines is 1. The van der Waals surface area contributed by atoms with Crippen LogP contribution in [0.4, 0.5) is 0 Å². The van der Waals surface area contributed by atoms with Gasteiger partial charge < -0.3 is 4.74 Å². The summed E-state index contributed by atoms with van der Waals surface area (Å²) in [6, 6.07) is 8.37. The Morgan fingerprint density at radius 2 is 2.07 bits per heavy atom. The summed E-state index contributed by atoms with van der Waals surface area (Å²) in [5.41, 5.74) is 1.03. The van der Waals surface area contributed by atoms with Crippen molar-refractivity contribution in [2.75, 3.05) is 7.11 Å². The van der Waals surface area contributed by atoms with Gasteiger partial charge in [0.25, 0.3) is 5.56 Å². The molecule has 0 radical (unpaired) electrons. The molecule has 1 N–H and O–H groups in total. The number of ether oxygens (including phenoxy) is 1. The molecule has 2 heterocycles. The van der Waals surface area contributed by atoms with Gasteiger partial charge in [-0.1, -0.05) is 6.07 Å². The molecule has 0 aliphatic carbocycles. The van der Waals surface area contributed by atoms with Crippen molar-refractivity contribution in [3.63, 3.8) is 0 Å². The topological polar surface area (TPSA) is 67.9 Å².